The van der Waals surface area contributed by atoms with Crippen LogP contribution in [0.1, 0.15) is 63.4 Å². The zero-order chi connectivity index (χ0) is 17.1. The average molecular weight is 359 g/mol. The van der Waals surface area contributed by atoms with E-state index < -0.39 is 0 Å². The van der Waals surface area contributed by atoms with E-state index in [1.165, 1.54) is 69.9 Å². The molecule has 2 bridgehead atoms. The third-order valence-electron chi connectivity index (χ3n) is 6.58. The Balaban J connectivity index is 1.28. The maximum Gasteiger partial charge on any atom is 0.166 e. The number of rotatable bonds is 4. The fourth-order valence-electron chi connectivity index (χ4n) is 5.33. The lowest BCUT2D eigenvalue weighted by Crippen LogP contribution is -3.17. The van der Waals surface area contributed by atoms with Crippen LogP contribution in [0.5, 0.6) is 0 Å². The Morgan fingerprint density at radius 1 is 0.880 bits per heavy atom. The minimum absolute atomic E-state index is 0.570. The molecule has 4 atom stereocenters. The number of piperidine rings is 1. The normalized spacial score (nSPS) is 32.3. The predicted molar refractivity (Wildman–Crippen MR) is 107 cm³/mol. The average Bonchev–Trinajstić information content (AvgIpc) is 2.86. The van der Waals surface area contributed by atoms with Crippen LogP contribution in [0.4, 0.5) is 0 Å². The van der Waals surface area contributed by atoms with E-state index in [2.05, 4.69) is 41.0 Å². The molecule has 1 aromatic rings. The second-order valence-corrected chi connectivity index (χ2v) is 8.74. The molecular weight excluding hydrogens is 326 g/mol. The third kappa shape index (κ3) is 4.35. The van der Waals surface area contributed by atoms with Gasteiger partial charge in [0.05, 0.1) is 12.1 Å². The van der Waals surface area contributed by atoms with Gasteiger partial charge in [-0.05, 0) is 25.1 Å². The van der Waals surface area contributed by atoms with E-state index in [1.54, 1.807) is 0 Å². The quantitative estimate of drug-likeness (QED) is 0.723. The SMILES string of the molecule is S=C(NC1CCCCC1)NC1C[C@H]2CC[C@@H](C1)[NH+]2Cc1ccccc1. The first-order chi connectivity index (χ1) is 12.3. The van der Waals surface area contributed by atoms with Gasteiger partial charge in [0, 0.05) is 43.3 Å². The monoisotopic (exact) mass is 358 g/mol. The van der Waals surface area contributed by atoms with E-state index in [-0.39, 0.29) is 0 Å². The molecule has 3 fully saturated rings. The first-order valence-electron chi connectivity index (χ1n) is 10.2. The number of fused-ring (bicyclic) bond motifs is 2. The molecule has 3 N–H and O–H groups in total. The van der Waals surface area contributed by atoms with Crippen molar-refractivity contribution in [2.45, 2.75) is 88.5 Å². The van der Waals surface area contributed by atoms with Crippen LogP contribution in [-0.2, 0) is 6.54 Å². The summed E-state index contributed by atoms with van der Waals surface area (Å²) in [6, 6.07) is 13.8. The molecule has 136 valence electrons. The number of nitrogens with one attached hydrogen (secondary N) is 3. The van der Waals surface area contributed by atoms with Gasteiger partial charge in [0.2, 0.25) is 0 Å². The first-order valence-corrected chi connectivity index (χ1v) is 10.7. The van der Waals surface area contributed by atoms with Crippen molar-refractivity contribution in [1.29, 1.82) is 0 Å². The molecule has 4 rings (SSSR count). The number of hydrogen-bond donors (Lipinski definition) is 3. The van der Waals surface area contributed by atoms with Crippen molar-refractivity contribution in [3.63, 3.8) is 0 Å². The van der Waals surface area contributed by atoms with Gasteiger partial charge in [0.1, 0.15) is 6.54 Å². The summed E-state index contributed by atoms with van der Waals surface area (Å²) in [6.07, 6.45) is 12.0. The molecule has 0 amide bonds. The minimum atomic E-state index is 0.570. The molecule has 3 aliphatic rings. The van der Waals surface area contributed by atoms with Crippen LogP contribution in [0, 0.1) is 0 Å². The Kier molecular flexibility index (Phi) is 5.57. The van der Waals surface area contributed by atoms with Crippen LogP contribution in [0.15, 0.2) is 30.3 Å². The highest BCUT2D eigenvalue weighted by Gasteiger charge is 2.44. The summed E-state index contributed by atoms with van der Waals surface area (Å²) in [5.74, 6) is 0. The molecule has 1 saturated carbocycles. The van der Waals surface area contributed by atoms with E-state index in [1.807, 2.05) is 4.90 Å². The molecule has 4 heteroatoms. The van der Waals surface area contributed by atoms with Gasteiger partial charge in [0.25, 0.3) is 0 Å². The molecule has 0 aromatic heterocycles. The summed E-state index contributed by atoms with van der Waals surface area (Å²) in [4.78, 5) is 1.82. The van der Waals surface area contributed by atoms with Gasteiger partial charge in [-0.2, -0.15) is 0 Å². The smallest absolute Gasteiger partial charge is 0.166 e. The van der Waals surface area contributed by atoms with Crippen molar-refractivity contribution < 1.29 is 4.90 Å². The summed E-state index contributed by atoms with van der Waals surface area (Å²) in [5, 5.41) is 8.14. The largest absolute Gasteiger partial charge is 0.360 e. The lowest BCUT2D eigenvalue weighted by Gasteiger charge is -2.37. The van der Waals surface area contributed by atoms with Crippen LogP contribution >= 0.6 is 12.2 Å². The number of hydrogen-bond acceptors (Lipinski definition) is 1. The predicted octanol–water partition coefficient (Wildman–Crippen LogP) is 2.56. The number of benzene rings is 1. The van der Waals surface area contributed by atoms with Crippen LogP contribution in [0.25, 0.3) is 0 Å². The Hall–Kier alpha value is -1.13. The van der Waals surface area contributed by atoms with Gasteiger partial charge < -0.3 is 15.5 Å². The van der Waals surface area contributed by atoms with Crippen LogP contribution in [0.3, 0.4) is 0 Å². The van der Waals surface area contributed by atoms with Gasteiger partial charge in [-0.25, -0.2) is 0 Å². The van der Waals surface area contributed by atoms with E-state index in [0.717, 1.165) is 17.2 Å². The zero-order valence-electron chi connectivity index (χ0n) is 15.2. The highest BCUT2D eigenvalue weighted by Crippen LogP contribution is 2.24. The molecule has 2 aliphatic heterocycles. The van der Waals surface area contributed by atoms with Gasteiger partial charge in [-0.15, -0.1) is 0 Å². The second kappa shape index (κ2) is 8.05. The molecule has 2 heterocycles. The molecule has 3 nitrogen and oxygen atoms in total. The van der Waals surface area contributed by atoms with Gasteiger partial charge in [-0.1, -0.05) is 49.6 Å². The maximum absolute atomic E-state index is 5.62. The number of quaternary nitrogens is 1. The highest BCUT2D eigenvalue weighted by atomic mass is 32.1. The summed E-state index contributed by atoms with van der Waals surface area (Å²) < 4.78 is 0. The fraction of sp³-hybridized carbons (Fsp3) is 0.667. The molecule has 1 aromatic carbocycles. The van der Waals surface area contributed by atoms with Gasteiger partial charge >= 0.3 is 0 Å². The molecule has 25 heavy (non-hydrogen) atoms. The standard InChI is InChI=1S/C21H31N3S/c25-21(22-17-9-5-2-6-10-17)23-18-13-19-11-12-20(14-18)24(19)15-16-7-3-1-4-8-16/h1,3-4,7-8,17-20H,2,5-6,9-15H2,(H2,22,23,25)/p+1/t18?,19-,20+. The van der Waals surface area contributed by atoms with Crippen molar-refractivity contribution in [3.05, 3.63) is 35.9 Å². The molecule has 1 aliphatic carbocycles. The van der Waals surface area contributed by atoms with E-state index in [0.29, 0.717) is 12.1 Å². The van der Waals surface area contributed by atoms with Crippen LogP contribution < -0.4 is 15.5 Å². The maximum atomic E-state index is 5.62. The summed E-state index contributed by atoms with van der Waals surface area (Å²) >= 11 is 5.62. The second-order valence-electron chi connectivity index (χ2n) is 8.33. The molecule has 0 radical (unpaired) electrons. The van der Waals surface area contributed by atoms with Crippen molar-refractivity contribution >= 4 is 17.3 Å². The van der Waals surface area contributed by atoms with Crippen molar-refractivity contribution in [1.82, 2.24) is 10.6 Å². The summed E-state index contributed by atoms with van der Waals surface area (Å²) in [5.41, 5.74) is 1.48. The van der Waals surface area contributed by atoms with E-state index in [9.17, 15) is 0 Å². The van der Waals surface area contributed by atoms with Crippen molar-refractivity contribution in [2.24, 2.45) is 0 Å². The van der Waals surface area contributed by atoms with Crippen LogP contribution in [-0.4, -0.2) is 29.3 Å². The first kappa shape index (κ1) is 17.3. The summed E-state index contributed by atoms with van der Waals surface area (Å²) in [6.45, 7) is 1.19. The lowest BCUT2D eigenvalue weighted by atomic mass is 9.95. The third-order valence-corrected chi connectivity index (χ3v) is 6.81. The van der Waals surface area contributed by atoms with Crippen molar-refractivity contribution in [3.8, 4) is 0 Å². The Labute approximate surface area is 157 Å². The Morgan fingerprint density at radius 3 is 2.20 bits per heavy atom. The minimum Gasteiger partial charge on any atom is -0.360 e. The van der Waals surface area contributed by atoms with E-state index >= 15 is 0 Å². The molecular formula is C21H32N3S+. The summed E-state index contributed by atoms with van der Waals surface area (Å²) in [7, 11) is 0. The van der Waals surface area contributed by atoms with Crippen molar-refractivity contribution in [2.75, 3.05) is 0 Å². The Bertz CT molecular complexity index is 556. The molecule has 0 spiro atoms. The zero-order valence-corrected chi connectivity index (χ0v) is 16.0. The van der Waals surface area contributed by atoms with Crippen LogP contribution in [0.2, 0.25) is 0 Å². The number of thiocarbonyl (C=S) groups is 1. The Morgan fingerprint density at radius 2 is 1.52 bits per heavy atom. The highest BCUT2D eigenvalue weighted by molar-refractivity contribution is 7.80. The van der Waals surface area contributed by atoms with Gasteiger partial charge in [0.15, 0.2) is 5.11 Å². The van der Waals surface area contributed by atoms with E-state index in [4.69, 9.17) is 12.2 Å². The topological polar surface area (TPSA) is 28.5 Å². The van der Waals surface area contributed by atoms with Gasteiger partial charge in [-0.3, -0.25) is 0 Å². The molecule has 2 unspecified atom stereocenters. The lowest BCUT2D eigenvalue weighted by molar-refractivity contribution is -0.954. The fourth-order valence-corrected chi connectivity index (χ4v) is 5.66. The molecule has 2 saturated heterocycles.